The molecule has 1 unspecified atom stereocenters. The van der Waals surface area contributed by atoms with E-state index < -0.39 is 20.6 Å². The van der Waals surface area contributed by atoms with Crippen LogP contribution in [0.3, 0.4) is 0 Å². The lowest BCUT2D eigenvalue weighted by atomic mass is 10.3. The van der Waals surface area contributed by atoms with E-state index in [9.17, 15) is 18.5 Å². The van der Waals surface area contributed by atoms with Gasteiger partial charge in [0.2, 0.25) is 10.0 Å². The van der Waals surface area contributed by atoms with Crippen molar-refractivity contribution in [3.63, 3.8) is 0 Å². The summed E-state index contributed by atoms with van der Waals surface area (Å²) >= 11 is 1.47. The third-order valence-corrected chi connectivity index (χ3v) is 4.86. The summed E-state index contributed by atoms with van der Waals surface area (Å²) < 4.78 is 26.7. The van der Waals surface area contributed by atoms with Gasteiger partial charge in [0.05, 0.1) is 10.6 Å². The van der Waals surface area contributed by atoms with E-state index in [1.807, 2.05) is 6.26 Å². The van der Waals surface area contributed by atoms with Crippen molar-refractivity contribution in [1.82, 2.24) is 4.72 Å². The molecule has 0 aromatic heterocycles. The molecule has 0 saturated heterocycles. The molecule has 0 aliphatic heterocycles. The Labute approximate surface area is 121 Å². The number of thioether (sulfide) groups is 1. The van der Waals surface area contributed by atoms with E-state index >= 15 is 0 Å². The summed E-state index contributed by atoms with van der Waals surface area (Å²) in [6.07, 6.45) is 1.84. The van der Waals surface area contributed by atoms with Crippen LogP contribution in [0.1, 0.15) is 6.92 Å². The van der Waals surface area contributed by atoms with Gasteiger partial charge < -0.3 is 5.43 Å². The third-order valence-electron chi connectivity index (χ3n) is 2.38. The number of nitrogen functional groups attached to an aromatic ring is 1. The van der Waals surface area contributed by atoms with Gasteiger partial charge in [0.25, 0.3) is 5.69 Å². The molecule has 0 radical (unpaired) electrons. The van der Waals surface area contributed by atoms with Crippen LogP contribution < -0.4 is 16.0 Å². The minimum absolute atomic E-state index is 0.257. The Morgan fingerprint density at radius 3 is 2.65 bits per heavy atom. The topological polar surface area (TPSA) is 127 Å². The summed E-state index contributed by atoms with van der Waals surface area (Å²) in [6.45, 7) is 1.69. The second-order valence-electron chi connectivity index (χ2n) is 4.06. The van der Waals surface area contributed by atoms with Gasteiger partial charge in [-0.25, -0.2) is 13.1 Å². The van der Waals surface area contributed by atoms with Gasteiger partial charge in [0, 0.05) is 17.9 Å². The lowest BCUT2D eigenvalue weighted by Gasteiger charge is -2.13. The van der Waals surface area contributed by atoms with Gasteiger partial charge in [-0.3, -0.25) is 16.0 Å². The summed E-state index contributed by atoms with van der Waals surface area (Å²) in [6, 6.07) is 3.26. The average Bonchev–Trinajstić information content (AvgIpc) is 2.37. The van der Waals surface area contributed by atoms with E-state index in [0.29, 0.717) is 5.75 Å². The Morgan fingerprint density at radius 1 is 1.50 bits per heavy atom. The number of hydrazine groups is 1. The molecule has 0 amide bonds. The number of hydrogen-bond donors (Lipinski definition) is 3. The van der Waals surface area contributed by atoms with E-state index in [4.69, 9.17) is 5.84 Å². The number of nitrogens with two attached hydrogens (primary N) is 1. The number of rotatable bonds is 7. The van der Waals surface area contributed by atoms with Crippen molar-refractivity contribution >= 4 is 33.2 Å². The van der Waals surface area contributed by atoms with Crippen molar-refractivity contribution in [2.45, 2.75) is 17.9 Å². The molecule has 0 aliphatic rings. The molecule has 10 heteroatoms. The molecule has 0 fully saturated rings. The van der Waals surface area contributed by atoms with Crippen LogP contribution in [0.25, 0.3) is 0 Å². The molecule has 4 N–H and O–H groups in total. The first-order valence-electron chi connectivity index (χ1n) is 5.58. The average molecular weight is 320 g/mol. The fourth-order valence-corrected chi connectivity index (χ4v) is 3.67. The molecule has 1 rings (SSSR count). The monoisotopic (exact) mass is 320 g/mol. The zero-order valence-electron chi connectivity index (χ0n) is 11.0. The van der Waals surface area contributed by atoms with Crippen molar-refractivity contribution in [3.8, 4) is 0 Å². The summed E-state index contributed by atoms with van der Waals surface area (Å²) in [5, 5.41) is 11.0. The molecule has 0 spiro atoms. The minimum atomic E-state index is -3.96. The first-order valence-corrected chi connectivity index (χ1v) is 8.46. The number of nitrogens with zero attached hydrogens (tertiary/aromatic N) is 1. The largest absolute Gasteiger partial charge is 0.324 e. The van der Waals surface area contributed by atoms with Crippen molar-refractivity contribution < 1.29 is 13.3 Å². The number of sulfonamides is 1. The van der Waals surface area contributed by atoms with Gasteiger partial charge in [-0.15, -0.1) is 0 Å². The lowest BCUT2D eigenvalue weighted by Crippen LogP contribution is -2.34. The normalized spacial score (nSPS) is 12.9. The predicted octanol–water partition coefficient (Wildman–Crippen LogP) is 0.910. The van der Waals surface area contributed by atoms with Crippen LogP contribution in [0.15, 0.2) is 23.1 Å². The summed E-state index contributed by atoms with van der Waals surface area (Å²) in [7, 11) is -3.96. The van der Waals surface area contributed by atoms with E-state index in [-0.39, 0.29) is 16.6 Å². The Morgan fingerprint density at radius 2 is 2.15 bits per heavy atom. The molecule has 112 valence electrons. The van der Waals surface area contributed by atoms with Crippen LogP contribution in [-0.4, -0.2) is 31.4 Å². The third kappa shape index (κ3) is 4.07. The standard InChI is InChI=1S/C10H16N4O4S2/c1-7(6-19-2)13-20(17,18)10-4-3-8(12-11)5-9(10)14(15)16/h3-5,7,12-13H,6,11H2,1-2H3. The SMILES string of the molecule is CSCC(C)NS(=O)(=O)c1ccc(NN)cc1[N+](=O)[O-]. The smallest absolute Gasteiger partial charge is 0.291 e. The van der Waals surface area contributed by atoms with Crippen molar-refractivity contribution in [1.29, 1.82) is 0 Å². The Kier molecular flexibility index (Phi) is 5.74. The maximum Gasteiger partial charge on any atom is 0.291 e. The fraction of sp³-hybridized carbons (Fsp3) is 0.400. The highest BCUT2D eigenvalue weighted by atomic mass is 32.2. The maximum atomic E-state index is 12.2. The van der Waals surface area contributed by atoms with Crippen molar-refractivity contribution in [2.75, 3.05) is 17.4 Å². The summed E-state index contributed by atoms with van der Waals surface area (Å²) in [5.41, 5.74) is 1.97. The van der Waals surface area contributed by atoms with Crippen molar-refractivity contribution in [2.24, 2.45) is 5.84 Å². The Bertz CT molecular complexity index is 591. The molecule has 8 nitrogen and oxygen atoms in total. The number of hydrogen-bond acceptors (Lipinski definition) is 7. The van der Waals surface area contributed by atoms with E-state index in [2.05, 4.69) is 10.1 Å². The quantitative estimate of drug-likeness (QED) is 0.387. The maximum absolute atomic E-state index is 12.2. The first kappa shape index (κ1) is 16.7. The van der Waals surface area contributed by atoms with Crippen LogP contribution in [0.5, 0.6) is 0 Å². The van der Waals surface area contributed by atoms with Gasteiger partial charge in [-0.2, -0.15) is 11.8 Å². The van der Waals surface area contributed by atoms with Gasteiger partial charge in [0.1, 0.15) is 0 Å². The second-order valence-corrected chi connectivity index (χ2v) is 6.65. The summed E-state index contributed by atoms with van der Waals surface area (Å²) in [5.74, 6) is 5.72. The fourth-order valence-electron chi connectivity index (χ4n) is 1.59. The molecule has 0 bridgehead atoms. The van der Waals surface area contributed by atoms with Gasteiger partial charge in [-0.05, 0) is 25.3 Å². The molecule has 20 heavy (non-hydrogen) atoms. The highest BCUT2D eigenvalue weighted by Gasteiger charge is 2.27. The highest BCUT2D eigenvalue weighted by molar-refractivity contribution is 7.98. The Hall–Kier alpha value is -1.36. The van der Waals surface area contributed by atoms with E-state index in [1.165, 1.54) is 17.8 Å². The summed E-state index contributed by atoms with van der Waals surface area (Å²) in [4.78, 5) is 9.85. The molecule has 1 atom stereocenters. The Balaban J connectivity index is 3.20. The van der Waals surface area contributed by atoms with Gasteiger partial charge in [0.15, 0.2) is 4.90 Å². The number of nitro benzene ring substituents is 1. The van der Waals surface area contributed by atoms with Gasteiger partial charge >= 0.3 is 0 Å². The molecule has 1 aromatic carbocycles. The molecule has 1 aromatic rings. The van der Waals surface area contributed by atoms with E-state index in [1.54, 1.807) is 6.92 Å². The molecular formula is C10H16N4O4S2. The predicted molar refractivity (Wildman–Crippen MR) is 79.1 cm³/mol. The second kappa shape index (κ2) is 6.88. The van der Waals surface area contributed by atoms with Crippen LogP contribution in [-0.2, 0) is 10.0 Å². The molecule has 0 aliphatic carbocycles. The van der Waals surface area contributed by atoms with Crippen LogP contribution >= 0.6 is 11.8 Å². The lowest BCUT2D eigenvalue weighted by molar-refractivity contribution is -0.387. The zero-order valence-corrected chi connectivity index (χ0v) is 12.6. The minimum Gasteiger partial charge on any atom is -0.324 e. The molecule has 0 saturated carbocycles. The first-order chi connectivity index (χ1) is 9.31. The molecular weight excluding hydrogens is 304 g/mol. The van der Waals surface area contributed by atoms with Crippen LogP contribution in [0, 0.1) is 10.1 Å². The zero-order chi connectivity index (χ0) is 15.3. The number of benzene rings is 1. The number of anilines is 1. The number of nitro groups is 1. The highest BCUT2D eigenvalue weighted by Crippen LogP contribution is 2.27. The molecule has 0 heterocycles. The number of nitrogens with one attached hydrogen (secondary N) is 2. The van der Waals surface area contributed by atoms with Crippen molar-refractivity contribution in [3.05, 3.63) is 28.3 Å². The van der Waals surface area contributed by atoms with Gasteiger partial charge in [-0.1, -0.05) is 0 Å². The van der Waals surface area contributed by atoms with E-state index in [0.717, 1.165) is 12.1 Å². The van der Waals surface area contributed by atoms with Crippen LogP contribution in [0.4, 0.5) is 11.4 Å². The van der Waals surface area contributed by atoms with Crippen LogP contribution in [0.2, 0.25) is 0 Å².